The Morgan fingerprint density at radius 2 is 1.90 bits per heavy atom. The summed E-state index contributed by atoms with van der Waals surface area (Å²) in [6.45, 7) is 6.92. The Hall–Kier alpha value is -2.29. The molecule has 2 rings (SSSR count). The summed E-state index contributed by atoms with van der Waals surface area (Å²) in [5, 5.41) is 3.26. The van der Waals surface area contributed by atoms with Crippen LogP contribution in [0.5, 0.6) is 0 Å². The van der Waals surface area contributed by atoms with Crippen molar-refractivity contribution in [2.24, 2.45) is 0 Å². The lowest BCUT2D eigenvalue weighted by molar-refractivity contribution is 0.0992. The van der Waals surface area contributed by atoms with E-state index in [0.29, 0.717) is 0 Å². The maximum Gasteiger partial charge on any atom is 0.258 e. The minimum Gasteiger partial charge on any atom is -0.385 e. The van der Waals surface area contributed by atoms with Crippen molar-refractivity contribution in [3.63, 3.8) is 0 Å². The number of nitrogens with zero attached hydrogens (tertiary/aromatic N) is 1. The second-order valence-electron chi connectivity index (χ2n) is 5.26. The topological polar surface area (TPSA) is 32.3 Å². The van der Waals surface area contributed by atoms with Gasteiger partial charge in [0.15, 0.2) is 0 Å². The van der Waals surface area contributed by atoms with Crippen LogP contribution in [0.2, 0.25) is 0 Å². The highest BCUT2D eigenvalue weighted by molar-refractivity contribution is 6.06. The van der Waals surface area contributed by atoms with Gasteiger partial charge < -0.3 is 10.2 Å². The van der Waals surface area contributed by atoms with E-state index in [2.05, 4.69) is 12.2 Å². The number of hydrogen-bond acceptors (Lipinski definition) is 2. The van der Waals surface area contributed by atoms with Gasteiger partial charge in [0.05, 0.1) is 0 Å². The molecule has 0 radical (unpaired) electrons. The fourth-order valence-electron chi connectivity index (χ4n) is 2.35. The smallest absolute Gasteiger partial charge is 0.258 e. The summed E-state index contributed by atoms with van der Waals surface area (Å²) in [6, 6.07) is 13.8. The van der Waals surface area contributed by atoms with Gasteiger partial charge in [-0.3, -0.25) is 4.79 Å². The van der Waals surface area contributed by atoms with E-state index in [9.17, 15) is 4.79 Å². The third kappa shape index (κ3) is 3.43. The van der Waals surface area contributed by atoms with Gasteiger partial charge in [0.2, 0.25) is 0 Å². The number of carbonyl (C=O) groups is 1. The van der Waals surface area contributed by atoms with Crippen LogP contribution in [-0.2, 0) is 0 Å². The van der Waals surface area contributed by atoms with Crippen molar-refractivity contribution in [1.82, 2.24) is 0 Å². The van der Waals surface area contributed by atoms with Crippen molar-refractivity contribution >= 4 is 17.3 Å². The summed E-state index contributed by atoms with van der Waals surface area (Å²) in [5.74, 6) is 0.0150. The molecule has 1 N–H and O–H groups in total. The molecule has 0 saturated heterocycles. The number of nitrogens with one attached hydrogen (secondary N) is 1. The van der Waals surface area contributed by atoms with Crippen molar-refractivity contribution in [2.45, 2.75) is 20.8 Å². The summed E-state index contributed by atoms with van der Waals surface area (Å²) < 4.78 is 0. The third-order valence-corrected chi connectivity index (χ3v) is 3.53. The minimum absolute atomic E-state index is 0.0150. The summed E-state index contributed by atoms with van der Waals surface area (Å²) in [6.07, 6.45) is 0. The second kappa shape index (κ2) is 6.44. The van der Waals surface area contributed by atoms with E-state index in [0.717, 1.165) is 34.6 Å². The molecule has 2 aromatic carbocycles. The number of benzene rings is 2. The molecule has 0 aliphatic rings. The van der Waals surface area contributed by atoms with Crippen LogP contribution in [0.15, 0.2) is 42.5 Å². The molecule has 3 nitrogen and oxygen atoms in total. The van der Waals surface area contributed by atoms with Gasteiger partial charge in [0, 0.05) is 30.5 Å². The van der Waals surface area contributed by atoms with E-state index < -0.39 is 0 Å². The number of hydrogen-bond donors (Lipinski definition) is 1. The monoisotopic (exact) mass is 282 g/mol. The Morgan fingerprint density at radius 3 is 2.52 bits per heavy atom. The lowest BCUT2D eigenvalue weighted by atomic mass is 10.1. The van der Waals surface area contributed by atoms with Crippen molar-refractivity contribution in [2.75, 3.05) is 23.8 Å². The van der Waals surface area contributed by atoms with Crippen LogP contribution in [0.3, 0.4) is 0 Å². The first kappa shape index (κ1) is 15.1. The molecule has 0 spiro atoms. The fourth-order valence-corrected chi connectivity index (χ4v) is 2.35. The molecule has 0 fully saturated rings. The molecule has 110 valence electrons. The predicted molar refractivity (Wildman–Crippen MR) is 89.3 cm³/mol. The average Bonchev–Trinajstić information content (AvgIpc) is 2.46. The quantitative estimate of drug-likeness (QED) is 0.919. The van der Waals surface area contributed by atoms with Crippen LogP contribution >= 0.6 is 0 Å². The molecule has 0 aromatic heterocycles. The van der Waals surface area contributed by atoms with Crippen LogP contribution in [0.25, 0.3) is 0 Å². The first-order chi connectivity index (χ1) is 10.0. The standard InChI is InChI=1S/C18H22N2O/c1-5-19-15-9-10-17(14(3)12-15)18(21)20(4)16-8-6-7-13(2)11-16/h6-12,19H,5H2,1-4H3. The highest BCUT2D eigenvalue weighted by Gasteiger charge is 2.15. The molecule has 0 unspecified atom stereocenters. The number of rotatable bonds is 4. The van der Waals surface area contributed by atoms with Gasteiger partial charge in [-0.25, -0.2) is 0 Å². The molecule has 0 heterocycles. The maximum absolute atomic E-state index is 12.7. The van der Waals surface area contributed by atoms with Gasteiger partial charge >= 0.3 is 0 Å². The molecule has 0 atom stereocenters. The van der Waals surface area contributed by atoms with Gasteiger partial charge in [0.1, 0.15) is 0 Å². The van der Waals surface area contributed by atoms with Gasteiger partial charge in [-0.15, -0.1) is 0 Å². The molecular weight excluding hydrogens is 260 g/mol. The van der Waals surface area contributed by atoms with E-state index in [1.165, 1.54) is 0 Å². The molecule has 0 aliphatic heterocycles. The predicted octanol–water partition coefficient (Wildman–Crippen LogP) is 4.01. The van der Waals surface area contributed by atoms with Crippen LogP contribution < -0.4 is 10.2 Å². The zero-order valence-corrected chi connectivity index (χ0v) is 13.1. The normalized spacial score (nSPS) is 10.3. The van der Waals surface area contributed by atoms with E-state index in [4.69, 9.17) is 0 Å². The van der Waals surface area contributed by atoms with Crippen LogP contribution in [0, 0.1) is 13.8 Å². The van der Waals surface area contributed by atoms with E-state index in [1.54, 1.807) is 4.90 Å². The third-order valence-electron chi connectivity index (χ3n) is 3.53. The zero-order valence-electron chi connectivity index (χ0n) is 13.1. The van der Waals surface area contributed by atoms with Crippen molar-refractivity contribution in [3.05, 3.63) is 59.2 Å². The molecule has 1 amide bonds. The van der Waals surface area contributed by atoms with Crippen molar-refractivity contribution in [3.8, 4) is 0 Å². The Labute approximate surface area is 126 Å². The van der Waals surface area contributed by atoms with Gasteiger partial charge in [-0.2, -0.15) is 0 Å². The number of anilines is 2. The van der Waals surface area contributed by atoms with Gasteiger partial charge in [-0.1, -0.05) is 12.1 Å². The lowest BCUT2D eigenvalue weighted by Crippen LogP contribution is -2.27. The highest BCUT2D eigenvalue weighted by Crippen LogP contribution is 2.20. The molecule has 3 heteroatoms. The van der Waals surface area contributed by atoms with E-state index in [1.807, 2.05) is 63.4 Å². The fraction of sp³-hybridized carbons (Fsp3) is 0.278. The molecule has 0 aliphatic carbocycles. The lowest BCUT2D eigenvalue weighted by Gasteiger charge is -2.19. The SMILES string of the molecule is CCNc1ccc(C(=O)N(C)c2cccc(C)c2)c(C)c1. The molecule has 0 saturated carbocycles. The van der Waals surface area contributed by atoms with E-state index in [-0.39, 0.29) is 5.91 Å². The molecule has 0 bridgehead atoms. The van der Waals surface area contributed by atoms with E-state index >= 15 is 0 Å². The van der Waals surface area contributed by atoms with Crippen molar-refractivity contribution in [1.29, 1.82) is 0 Å². The molecule has 21 heavy (non-hydrogen) atoms. The van der Waals surface area contributed by atoms with Crippen LogP contribution in [0.1, 0.15) is 28.4 Å². The molecule has 2 aromatic rings. The van der Waals surface area contributed by atoms with Gasteiger partial charge in [-0.05, 0) is 62.2 Å². The summed E-state index contributed by atoms with van der Waals surface area (Å²) >= 11 is 0. The van der Waals surface area contributed by atoms with Crippen molar-refractivity contribution < 1.29 is 4.79 Å². The Balaban J connectivity index is 2.27. The number of aryl methyl sites for hydroxylation is 2. The first-order valence-electron chi connectivity index (χ1n) is 7.22. The van der Waals surface area contributed by atoms with Crippen LogP contribution in [-0.4, -0.2) is 19.5 Å². The highest BCUT2D eigenvalue weighted by atomic mass is 16.2. The second-order valence-corrected chi connectivity index (χ2v) is 5.26. The first-order valence-corrected chi connectivity index (χ1v) is 7.22. The number of amides is 1. The van der Waals surface area contributed by atoms with Crippen LogP contribution in [0.4, 0.5) is 11.4 Å². The Morgan fingerprint density at radius 1 is 1.14 bits per heavy atom. The Kier molecular flexibility index (Phi) is 4.63. The summed E-state index contributed by atoms with van der Waals surface area (Å²) in [4.78, 5) is 14.3. The zero-order chi connectivity index (χ0) is 15.4. The van der Waals surface area contributed by atoms with Gasteiger partial charge in [0.25, 0.3) is 5.91 Å². The summed E-state index contributed by atoms with van der Waals surface area (Å²) in [5.41, 5.74) is 4.82. The number of carbonyl (C=O) groups excluding carboxylic acids is 1. The largest absolute Gasteiger partial charge is 0.385 e. The Bertz CT molecular complexity index is 649. The summed E-state index contributed by atoms with van der Waals surface area (Å²) in [7, 11) is 1.81. The minimum atomic E-state index is 0.0150. The average molecular weight is 282 g/mol. The molecular formula is C18H22N2O. The maximum atomic E-state index is 12.7.